The van der Waals surface area contributed by atoms with Crippen LogP contribution in [0.25, 0.3) is 10.8 Å². The number of aromatic amines is 1. The number of hydrogen-bond acceptors (Lipinski definition) is 5. The molecule has 2 aliphatic heterocycles. The molecule has 3 heterocycles. The van der Waals surface area contributed by atoms with Gasteiger partial charge in [0.25, 0.3) is 11.5 Å². The minimum Gasteiger partial charge on any atom is -0.338 e. The summed E-state index contributed by atoms with van der Waals surface area (Å²) in [4.78, 5) is 28.7. The standard InChI is InChI=1S/C25H25FN6O2/c26-20-7-5-15(12-21-17-3-1-2-4-18(17)24(33)30-29-21)11-19(20)25(34)31-10-9-22-16(13-31)6-8-23(28)32(22)14-27/h1-5,7,11,14,16,22,27-28H,6,8-10,12-13H2,(H,30,33). The quantitative estimate of drug-likeness (QED) is 0.409. The van der Waals surface area contributed by atoms with Gasteiger partial charge in [0.05, 0.1) is 23.0 Å². The summed E-state index contributed by atoms with van der Waals surface area (Å²) in [5.74, 6) is -0.324. The van der Waals surface area contributed by atoms with Gasteiger partial charge in [-0.2, -0.15) is 5.10 Å². The Labute approximate surface area is 195 Å². The number of hydrogen-bond donors (Lipinski definition) is 3. The van der Waals surface area contributed by atoms with Gasteiger partial charge in [-0.1, -0.05) is 24.3 Å². The Kier molecular flexibility index (Phi) is 5.69. The fourth-order valence-electron chi connectivity index (χ4n) is 5.20. The molecule has 34 heavy (non-hydrogen) atoms. The number of benzene rings is 2. The summed E-state index contributed by atoms with van der Waals surface area (Å²) in [6.45, 7) is 0.935. The molecule has 0 spiro atoms. The molecule has 2 unspecified atom stereocenters. The van der Waals surface area contributed by atoms with Crippen LogP contribution in [0.3, 0.4) is 0 Å². The minimum absolute atomic E-state index is 0.0251. The summed E-state index contributed by atoms with van der Waals surface area (Å²) in [6, 6.07) is 11.7. The Morgan fingerprint density at radius 2 is 2.00 bits per heavy atom. The molecule has 8 nitrogen and oxygen atoms in total. The van der Waals surface area contributed by atoms with Crippen molar-refractivity contribution < 1.29 is 9.18 Å². The molecule has 2 aliphatic rings. The summed E-state index contributed by atoms with van der Waals surface area (Å²) in [6.07, 6.45) is 3.55. The molecule has 3 N–H and O–H groups in total. The fourth-order valence-corrected chi connectivity index (χ4v) is 5.20. The molecule has 5 rings (SSSR count). The number of likely N-dealkylation sites (tertiary alicyclic amines) is 2. The fraction of sp³-hybridized carbons (Fsp3) is 0.320. The second-order valence-corrected chi connectivity index (χ2v) is 8.92. The zero-order valence-electron chi connectivity index (χ0n) is 18.6. The van der Waals surface area contributed by atoms with Crippen LogP contribution < -0.4 is 5.56 Å². The van der Waals surface area contributed by atoms with Crippen molar-refractivity contribution in [2.45, 2.75) is 31.7 Å². The largest absolute Gasteiger partial charge is 0.338 e. The first-order chi connectivity index (χ1) is 16.5. The molecule has 174 valence electrons. The number of fused-ring (bicyclic) bond motifs is 2. The van der Waals surface area contributed by atoms with Crippen LogP contribution in [-0.4, -0.2) is 57.2 Å². The zero-order valence-corrected chi connectivity index (χ0v) is 18.6. The molecule has 0 bridgehead atoms. The van der Waals surface area contributed by atoms with Gasteiger partial charge >= 0.3 is 0 Å². The van der Waals surface area contributed by atoms with Crippen LogP contribution in [0.1, 0.15) is 40.9 Å². The van der Waals surface area contributed by atoms with Gasteiger partial charge in [0.2, 0.25) is 0 Å². The Morgan fingerprint density at radius 1 is 1.21 bits per heavy atom. The normalized spacial score (nSPS) is 20.3. The number of rotatable bonds is 4. The maximum atomic E-state index is 14.7. The maximum Gasteiger partial charge on any atom is 0.272 e. The molecule has 2 fully saturated rings. The topological polar surface area (TPSA) is 117 Å². The van der Waals surface area contributed by atoms with Crippen LogP contribution in [0.15, 0.2) is 47.3 Å². The lowest BCUT2D eigenvalue weighted by Gasteiger charge is -2.46. The molecule has 2 aromatic carbocycles. The van der Waals surface area contributed by atoms with E-state index in [9.17, 15) is 14.0 Å². The van der Waals surface area contributed by atoms with Crippen molar-refractivity contribution in [1.29, 1.82) is 10.8 Å². The van der Waals surface area contributed by atoms with Gasteiger partial charge in [-0.05, 0) is 42.5 Å². The van der Waals surface area contributed by atoms with E-state index in [1.165, 1.54) is 12.4 Å². The second-order valence-electron chi connectivity index (χ2n) is 8.92. The Bertz CT molecular complexity index is 1350. The van der Waals surface area contributed by atoms with Crippen LogP contribution in [0.5, 0.6) is 0 Å². The number of piperidine rings is 2. The molecule has 0 radical (unpaired) electrons. The van der Waals surface area contributed by atoms with E-state index in [0.717, 1.165) is 17.4 Å². The number of H-pyrrole nitrogens is 1. The summed E-state index contributed by atoms with van der Waals surface area (Å²) < 4.78 is 14.7. The maximum absolute atomic E-state index is 14.7. The van der Waals surface area contributed by atoms with E-state index >= 15 is 0 Å². The minimum atomic E-state index is -0.568. The van der Waals surface area contributed by atoms with Crippen molar-refractivity contribution in [3.8, 4) is 0 Å². The number of nitrogens with zero attached hydrogens (tertiary/aromatic N) is 3. The lowest BCUT2D eigenvalue weighted by atomic mass is 9.83. The molecular formula is C25H25FN6O2. The van der Waals surface area contributed by atoms with Crippen LogP contribution in [0.2, 0.25) is 0 Å². The summed E-state index contributed by atoms with van der Waals surface area (Å²) in [7, 11) is 0. The molecule has 2 atom stereocenters. The van der Waals surface area contributed by atoms with Gasteiger partial charge in [0.15, 0.2) is 0 Å². The van der Waals surface area contributed by atoms with E-state index in [1.54, 1.807) is 34.1 Å². The molecule has 2 saturated heterocycles. The summed E-state index contributed by atoms with van der Waals surface area (Å²) in [5, 5.41) is 23.7. The molecule has 0 aliphatic carbocycles. The van der Waals surface area contributed by atoms with E-state index in [2.05, 4.69) is 10.2 Å². The number of carbonyl (C=O) groups excluding carboxylic acids is 1. The summed E-state index contributed by atoms with van der Waals surface area (Å²) in [5.41, 5.74) is 1.14. The molecule has 3 aromatic rings. The molecule has 9 heteroatoms. The van der Waals surface area contributed by atoms with E-state index < -0.39 is 5.82 Å². The third-order valence-corrected chi connectivity index (χ3v) is 6.95. The number of nitrogens with one attached hydrogen (secondary N) is 3. The predicted molar refractivity (Wildman–Crippen MR) is 127 cm³/mol. The number of aromatic nitrogens is 2. The van der Waals surface area contributed by atoms with Crippen LogP contribution >= 0.6 is 0 Å². The van der Waals surface area contributed by atoms with Gasteiger partial charge in [-0.3, -0.25) is 20.4 Å². The Morgan fingerprint density at radius 3 is 2.79 bits per heavy atom. The van der Waals surface area contributed by atoms with Gasteiger partial charge in [-0.15, -0.1) is 0 Å². The highest BCUT2D eigenvalue weighted by molar-refractivity contribution is 5.95. The van der Waals surface area contributed by atoms with E-state index in [1.807, 2.05) is 12.1 Å². The first kappa shape index (κ1) is 21.9. The predicted octanol–water partition coefficient (Wildman–Crippen LogP) is 3.16. The molecule has 0 saturated carbocycles. The van der Waals surface area contributed by atoms with Crippen LogP contribution in [-0.2, 0) is 6.42 Å². The van der Waals surface area contributed by atoms with Crippen molar-refractivity contribution in [1.82, 2.24) is 20.0 Å². The monoisotopic (exact) mass is 460 g/mol. The summed E-state index contributed by atoms with van der Waals surface area (Å²) >= 11 is 0. The highest BCUT2D eigenvalue weighted by Crippen LogP contribution is 2.31. The smallest absolute Gasteiger partial charge is 0.272 e. The van der Waals surface area contributed by atoms with Gasteiger partial charge in [0, 0.05) is 37.4 Å². The van der Waals surface area contributed by atoms with Crippen molar-refractivity contribution in [2.24, 2.45) is 5.92 Å². The Hall–Kier alpha value is -3.88. The van der Waals surface area contributed by atoms with Crippen LogP contribution in [0.4, 0.5) is 4.39 Å². The molecular weight excluding hydrogens is 435 g/mol. The third-order valence-electron chi connectivity index (χ3n) is 6.95. The lowest BCUT2D eigenvalue weighted by Crippen LogP contribution is -2.56. The molecule has 1 amide bonds. The van der Waals surface area contributed by atoms with Gasteiger partial charge < -0.3 is 9.80 Å². The van der Waals surface area contributed by atoms with E-state index in [-0.39, 0.29) is 29.0 Å². The van der Waals surface area contributed by atoms with Crippen molar-refractivity contribution in [3.63, 3.8) is 0 Å². The third kappa shape index (κ3) is 3.87. The van der Waals surface area contributed by atoms with Crippen molar-refractivity contribution >= 4 is 28.9 Å². The van der Waals surface area contributed by atoms with Gasteiger partial charge in [-0.25, -0.2) is 9.49 Å². The second kappa shape index (κ2) is 8.81. The zero-order chi connectivity index (χ0) is 23.8. The number of amides is 1. The first-order valence-electron chi connectivity index (χ1n) is 11.4. The number of carbonyl (C=O) groups is 1. The molecule has 1 aromatic heterocycles. The number of amidine groups is 1. The van der Waals surface area contributed by atoms with Crippen molar-refractivity contribution in [2.75, 3.05) is 13.1 Å². The number of halogens is 1. The van der Waals surface area contributed by atoms with Gasteiger partial charge in [0.1, 0.15) is 11.7 Å². The highest BCUT2D eigenvalue weighted by atomic mass is 19.1. The van der Waals surface area contributed by atoms with Crippen molar-refractivity contribution in [3.05, 3.63) is 75.5 Å². The highest BCUT2D eigenvalue weighted by Gasteiger charge is 2.39. The lowest BCUT2D eigenvalue weighted by molar-refractivity contribution is 0.0562. The average molecular weight is 461 g/mol. The average Bonchev–Trinajstić information content (AvgIpc) is 2.86. The van der Waals surface area contributed by atoms with E-state index in [0.29, 0.717) is 49.3 Å². The Balaban J connectivity index is 1.38. The first-order valence-corrected chi connectivity index (χ1v) is 11.4. The van der Waals surface area contributed by atoms with Crippen LogP contribution in [0, 0.1) is 22.6 Å². The van der Waals surface area contributed by atoms with E-state index in [4.69, 9.17) is 10.8 Å². The SMILES string of the molecule is N=CN1C(=N)CCC2CN(C(=O)c3cc(Cc4n[nH]c(=O)c5ccccc45)ccc3F)CCC21.